The van der Waals surface area contributed by atoms with E-state index in [2.05, 4.69) is 10.6 Å². The minimum Gasteiger partial charge on any atom is -0.382 e. The third-order valence-corrected chi connectivity index (χ3v) is 3.01. The summed E-state index contributed by atoms with van der Waals surface area (Å²) in [6, 6.07) is -0.422. The van der Waals surface area contributed by atoms with E-state index in [1.807, 2.05) is 6.92 Å². The molecule has 1 atom stereocenters. The van der Waals surface area contributed by atoms with E-state index in [0.29, 0.717) is 24.9 Å². The minimum absolute atomic E-state index is 0.115. The van der Waals surface area contributed by atoms with Crippen LogP contribution in [0.3, 0.4) is 0 Å². The largest absolute Gasteiger partial charge is 0.382 e. The Hall–Kier alpha value is -1.21. The summed E-state index contributed by atoms with van der Waals surface area (Å²) in [5.74, 6) is -0.638. The van der Waals surface area contributed by atoms with Gasteiger partial charge in [-0.05, 0) is 32.5 Å². The SMILES string of the molecule is CCOCCCNC(=S)N1CC(=O)NC(=O)C1C. The number of imide groups is 1. The Kier molecular flexibility index (Phi) is 6.00. The Morgan fingerprint density at radius 3 is 3.00 bits per heavy atom. The zero-order valence-corrected chi connectivity index (χ0v) is 11.5. The number of amides is 2. The summed E-state index contributed by atoms with van der Waals surface area (Å²) >= 11 is 5.18. The van der Waals surface area contributed by atoms with Crippen LogP contribution in [0.15, 0.2) is 0 Å². The molecule has 1 fully saturated rings. The van der Waals surface area contributed by atoms with E-state index in [0.717, 1.165) is 6.42 Å². The summed E-state index contributed by atoms with van der Waals surface area (Å²) in [7, 11) is 0. The molecule has 1 aliphatic rings. The summed E-state index contributed by atoms with van der Waals surface area (Å²) < 4.78 is 5.20. The fourth-order valence-electron chi connectivity index (χ4n) is 1.58. The second-order valence-corrected chi connectivity index (χ2v) is 4.39. The van der Waals surface area contributed by atoms with Crippen molar-refractivity contribution in [1.29, 1.82) is 0 Å². The topological polar surface area (TPSA) is 70.7 Å². The highest BCUT2D eigenvalue weighted by molar-refractivity contribution is 7.80. The third-order valence-electron chi connectivity index (χ3n) is 2.63. The van der Waals surface area contributed by atoms with Gasteiger partial charge in [0, 0.05) is 19.8 Å². The van der Waals surface area contributed by atoms with Gasteiger partial charge in [-0.2, -0.15) is 0 Å². The van der Waals surface area contributed by atoms with Crippen LogP contribution in [-0.2, 0) is 14.3 Å². The summed E-state index contributed by atoms with van der Waals surface area (Å²) in [6.07, 6.45) is 0.830. The molecule has 0 radical (unpaired) electrons. The maximum atomic E-state index is 11.5. The molecule has 1 rings (SSSR count). The lowest BCUT2D eigenvalue weighted by molar-refractivity contribution is -0.137. The number of piperazine rings is 1. The van der Waals surface area contributed by atoms with E-state index in [4.69, 9.17) is 17.0 Å². The fourth-order valence-corrected chi connectivity index (χ4v) is 1.90. The first kappa shape index (κ1) is 14.8. The number of carbonyl (C=O) groups excluding carboxylic acids is 2. The lowest BCUT2D eigenvalue weighted by Gasteiger charge is -2.33. The van der Waals surface area contributed by atoms with Crippen molar-refractivity contribution in [1.82, 2.24) is 15.5 Å². The van der Waals surface area contributed by atoms with Crippen molar-refractivity contribution in [3.63, 3.8) is 0 Å². The van der Waals surface area contributed by atoms with Crippen molar-refractivity contribution in [2.75, 3.05) is 26.3 Å². The maximum Gasteiger partial charge on any atom is 0.249 e. The van der Waals surface area contributed by atoms with Crippen LogP contribution >= 0.6 is 12.2 Å². The molecule has 0 bridgehead atoms. The molecule has 0 aromatic carbocycles. The lowest BCUT2D eigenvalue weighted by Crippen LogP contribution is -2.60. The average Bonchev–Trinajstić information content (AvgIpc) is 2.33. The van der Waals surface area contributed by atoms with Crippen LogP contribution < -0.4 is 10.6 Å². The lowest BCUT2D eigenvalue weighted by atomic mass is 10.2. The van der Waals surface area contributed by atoms with E-state index < -0.39 is 6.04 Å². The molecule has 0 spiro atoms. The van der Waals surface area contributed by atoms with Crippen LogP contribution in [0.4, 0.5) is 0 Å². The summed E-state index contributed by atoms with van der Waals surface area (Å²) in [5, 5.41) is 5.73. The predicted octanol–water partition coefficient (Wildman–Crippen LogP) is -0.366. The van der Waals surface area contributed by atoms with Gasteiger partial charge >= 0.3 is 0 Å². The molecule has 0 aromatic rings. The quantitative estimate of drug-likeness (QED) is 0.405. The van der Waals surface area contributed by atoms with Gasteiger partial charge in [-0.3, -0.25) is 14.9 Å². The van der Waals surface area contributed by atoms with Crippen LogP contribution in [-0.4, -0.2) is 54.2 Å². The Balaban J connectivity index is 2.35. The van der Waals surface area contributed by atoms with E-state index in [-0.39, 0.29) is 18.4 Å². The molecule has 1 saturated heterocycles. The highest BCUT2D eigenvalue weighted by Crippen LogP contribution is 2.05. The number of ether oxygens (including phenoxy) is 1. The van der Waals surface area contributed by atoms with Gasteiger partial charge in [-0.25, -0.2) is 0 Å². The van der Waals surface area contributed by atoms with Gasteiger partial charge in [0.25, 0.3) is 0 Å². The van der Waals surface area contributed by atoms with Gasteiger partial charge in [0.05, 0.1) is 0 Å². The molecular weight excluding hydrogens is 254 g/mol. The van der Waals surface area contributed by atoms with Gasteiger partial charge in [0.15, 0.2) is 5.11 Å². The molecule has 0 aromatic heterocycles. The smallest absolute Gasteiger partial charge is 0.249 e. The number of hydrogen-bond donors (Lipinski definition) is 2. The zero-order valence-electron chi connectivity index (χ0n) is 10.7. The summed E-state index contributed by atoms with van der Waals surface area (Å²) in [5.41, 5.74) is 0. The molecule has 6 nitrogen and oxygen atoms in total. The van der Waals surface area contributed by atoms with Gasteiger partial charge in [-0.15, -0.1) is 0 Å². The fraction of sp³-hybridized carbons (Fsp3) is 0.727. The molecule has 18 heavy (non-hydrogen) atoms. The van der Waals surface area contributed by atoms with Crippen molar-refractivity contribution < 1.29 is 14.3 Å². The van der Waals surface area contributed by atoms with Crippen molar-refractivity contribution >= 4 is 29.1 Å². The highest BCUT2D eigenvalue weighted by atomic mass is 32.1. The van der Waals surface area contributed by atoms with E-state index in [1.54, 1.807) is 11.8 Å². The molecule has 1 aliphatic heterocycles. The van der Waals surface area contributed by atoms with Crippen LogP contribution in [0.5, 0.6) is 0 Å². The number of hydrogen-bond acceptors (Lipinski definition) is 4. The maximum absolute atomic E-state index is 11.5. The molecule has 1 unspecified atom stereocenters. The molecule has 7 heteroatoms. The van der Waals surface area contributed by atoms with Crippen molar-refractivity contribution in [2.45, 2.75) is 26.3 Å². The number of nitrogens with one attached hydrogen (secondary N) is 2. The van der Waals surface area contributed by atoms with Crippen LogP contribution in [0.1, 0.15) is 20.3 Å². The molecule has 0 saturated carbocycles. The zero-order chi connectivity index (χ0) is 13.5. The van der Waals surface area contributed by atoms with Gasteiger partial charge in [0.1, 0.15) is 12.6 Å². The number of rotatable bonds is 5. The Bertz CT molecular complexity index is 335. The van der Waals surface area contributed by atoms with E-state index in [1.165, 1.54) is 0 Å². The minimum atomic E-state index is -0.422. The van der Waals surface area contributed by atoms with Crippen LogP contribution in [0, 0.1) is 0 Å². The van der Waals surface area contributed by atoms with Gasteiger partial charge in [-0.1, -0.05) is 0 Å². The number of thiocarbonyl (C=S) groups is 1. The number of nitrogens with zero attached hydrogens (tertiary/aromatic N) is 1. The van der Waals surface area contributed by atoms with Gasteiger partial charge < -0.3 is 15.0 Å². The first-order valence-corrected chi connectivity index (χ1v) is 6.43. The molecule has 2 amide bonds. The second kappa shape index (κ2) is 7.27. The van der Waals surface area contributed by atoms with E-state index >= 15 is 0 Å². The van der Waals surface area contributed by atoms with Gasteiger partial charge in [0.2, 0.25) is 11.8 Å². The molecule has 102 valence electrons. The monoisotopic (exact) mass is 273 g/mol. The van der Waals surface area contributed by atoms with Crippen molar-refractivity contribution in [2.24, 2.45) is 0 Å². The van der Waals surface area contributed by atoms with E-state index in [9.17, 15) is 9.59 Å². The first-order valence-electron chi connectivity index (χ1n) is 6.02. The number of carbonyl (C=O) groups is 2. The van der Waals surface area contributed by atoms with Crippen LogP contribution in [0.25, 0.3) is 0 Å². The first-order chi connectivity index (χ1) is 8.56. The third kappa shape index (κ3) is 4.23. The predicted molar refractivity (Wildman–Crippen MR) is 71.0 cm³/mol. The normalized spacial score (nSPS) is 19.7. The molecule has 2 N–H and O–H groups in total. The second-order valence-electron chi connectivity index (χ2n) is 4.00. The standard InChI is InChI=1S/C11H19N3O3S/c1-3-17-6-4-5-12-11(18)14-7-9(15)13-10(16)8(14)2/h8H,3-7H2,1-2H3,(H,12,18)(H,13,15,16). The molecule has 0 aliphatic carbocycles. The van der Waals surface area contributed by atoms with Crippen LogP contribution in [0.2, 0.25) is 0 Å². The summed E-state index contributed by atoms with van der Waals surface area (Å²) in [4.78, 5) is 24.3. The molecular formula is C11H19N3O3S. The molecule has 1 heterocycles. The summed E-state index contributed by atoms with van der Waals surface area (Å²) in [6.45, 7) is 5.80. The Morgan fingerprint density at radius 1 is 1.61 bits per heavy atom. The average molecular weight is 273 g/mol. The Labute approximate surface area is 112 Å². The Morgan fingerprint density at radius 2 is 2.33 bits per heavy atom. The van der Waals surface area contributed by atoms with Crippen molar-refractivity contribution in [3.8, 4) is 0 Å². The van der Waals surface area contributed by atoms with Crippen molar-refractivity contribution in [3.05, 3.63) is 0 Å². The highest BCUT2D eigenvalue weighted by Gasteiger charge is 2.31.